The Morgan fingerprint density at radius 1 is 1.04 bits per heavy atom. The summed E-state index contributed by atoms with van der Waals surface area (Å²) in [6.07, 6.45) is 5.12. The number of fused-ring (bicyclic) bond motifs is 1. The Labute approximate surface area is 161 Å². The number of amides is 1. The van der Waals surface area contributed by atoms with E-state index in [2.05, 4.69) is 15.1 Å². The third kappa shape index (κ3) is 2.94. The van der Waals surface area contributed by atoms with Gasteiger partial charge in [0, 0.05) is 30.8 Å². The number of likely N-dealkylation sites (tertiary alicyclic amines) is 1. The van der Waals surface area contributed by atoms with Gasteiger partial charge in [0.15, 0.2) is 0 Å². The molecule has 1 aliphatic rings. The number of imidazole rings is 1. The fraction of sp³-hybridized carbons (Fsp3) is 0.238. The predicted molar refractivity (Wildman–Crippen MR) is 103 cm³/mol. The van der Waals surface area contributed by atoms with Gasteiger partial charge in [-0.05, 0) is 25.0 Å². The van der Waals surface area contributed by atoms with Crippen molar-refractivity contribution in [2.24, 2.45) is 0 Å². The smallest absolute Gasteiger partial charge is 0.272 e. The zero-order valence-corrected chi connectivity index (χ0v) is 15.2. The van der Waals surface area contributed by atoms with Crippen LogP contribution in [-0.4, -0.2) is 43.4 Å². The number of hydrogen-bond acceptors (Lipinski definition) is 5. The lowest BCUT2D eigenvalue weighted by molar-refractivity contribution is 0.0697. The highest BCUT2D eigenvalue weighted by molar-refractivity contribution is 5.93. The zero-order valence-electron chi connectivity index (χ0n) is 15.2. The van der Waals surface area contributed by atoms with E-state index in [9.17, 15) is 4.79 Å². The molecule has 0 unspecified atom stereocenters. The normalized spacial score (nSPS) is 15.2. The fourth-order valence-electron chi connectivity index (χ4n) is 3.69. The van der Waals surface area contributed by atoms with Gasteiger partial charge < -0.3 is 9.42 Å². The van der Waals surface area contributed by atoms with Gasteiger partial charge in [-0.2, -0.15) is 4.98 Å². The molecule has 4 heterocycles. The molecule has 5 rings (SSSR count). The number of benzene rings is 1. The van der Waals surface area contributed by atoms with Gasteiger partial charge >= 0.3 is 0 Å². The summed E-state index contributed by atoms with van der Waals surface area (Å²) >= 11 is 0. The molecule has 1 aliphatic heterocycles. The molecule has 0 atom stereocenters. The molecule has 3 aromatic heterocycles. The highest BCUT2D eigenvalue weighted by Gasteiger charge is 2.29. The Morgan fingerprint density at radius 3 is 2.64 bits per heavy atom. The number of hydrogen-bond donors (Lipinski definition) is 0. The van der Waals surface area contributed by atoms with Crippen LogP contribution in [0.3, 0.4) is 0 Å². The number of nitrogens with zero attached hydrogens (tertiary/aromatic N) is 5. The van der Waals surface area contributed by atoms with E-state index >= 15 is 0 Å². The molecule has 1 aromatic carbocycles. The molecule has 28 heavy (non-hydrogen) atoms. The van der Waals surface area contributed by atoms with Gasteiger partial charge in [0.25, 0.3) is 5.91 Å². The standard InChI is InChI=1S/C21H19N5O2/c27-21(17-14-22-18-8-4-5-11-26(17)18)25-12-9-16(10-13-25)20-23-19(24-28-20)15-6-2-1-3-7-15/h1-8,11,14,16H,9-10,12-13H2. The van der Waals surface area contributed by atoms with Gasteiger partial charge in [-0.25, -0.2) is 4.98 Å². The van der Waals surface area contributed by atoms with Gasteiger partial charge in [0.1, 0.15) is 11.3 Å². The minimum Gasteiger partial charge on any atom is -0.339 e. The molecule has 4 aromatic rings. The Kier molecular flexibility index (Phi) is 4.12. The molecule has 0 saturated carbocycles. The molecule has 7 heteroatoms. The number of carbonyl (C=O) groups excluding carboxylic acids is 1. The number of pyridine rings is 1. The van der Waals surface area contributed by atoms with Crippen molar-refractivity contribution in [3.8, 4) is 11.4 Å². The van der Waals surface area contributed by atoms with E-state index in [1.807, 2.05) is 64.0 Å². The van der Waals surface area contributed by atoms with E-state index < -0.39 is 0 Å². The van der Waals surface area contributed by atoms with Crippen LogP contribution in [0.15, 0.2) is 65.4 Å². The first-order valence-corrected chi connectivity index (χ1v) is 9.40. The number of rotatable bonds is 3. The Hall–Kier alpha value is -3.48. The van der Waals surface area contributed by atoms with Crippen LogP contribution in [0, 0.1) is 0 Å². The van der Waals surface area contributed by atoms with E-state index in [0.29, 0.717) is 30.5 Å². The van der Waals surface area contributed by atoms with E-state index in [1.54, 1.807) is 6.20 Å². The van der Waals surface area contributed by atoms with E-state index in [0.717, 1.165) is 24.1 Å². The van der Waals surface area contributed by atoms with Crippen molar-refractivity contribution < 1.29 is 9.32 Å². The summed E-state index contributed by atoms with van der Waals surface area (Å²) in [7, 11) is 0. The van der Waals surface area contributed by atoms with Gasteiger partial charge in [-0.3, -0.25) is 9.20 Å². The summed E-state index contributed by atoms with van der Waals surface area (Å²) in [6, 6.07) is 15.5. The van der Waals surface area contributed by atoms with Gasteiger partial charge in [0.2, 0.25) is 11.7 Å². The molecule has 1 fully saturated rings. The summed E-state index contributed by atoms with van der Waals surface area (Å²) in [5.74, 6) is 1.45. The highest BCUT2D eigenvalue weighted by Crippen LogP contribution is 2.29. The van der Waals surface area contributed by atoms with Crippen molar-refractivity contribution in [1.82, 2.24) is 24.4 Å². The SMILES string of the molecule is O=C(c1cnc2ccccn12)N1CCC(c2nc(-c3ccccc3)no2)CC1. The first kappa shape index (κ1) is 16.7. The maximum Gasteiger partial charge on any atom is 0.272 e. The third-order valence-electron chi connectivity index (χ3n) is 5.24. The van der Waals surface area contributed by atoms with E-state index in [1.165, 1.54) is 0 Å². The van der Waals surface area contributed by atoms with Crippen molar-refractivity contribution in [2.45, 2.75) is 18.8 Å². The Morgan fingerprint density at radius 2 is 1.82 bits per heavy atom. The van der Waals surface area contributed by atoms with Crippen molar-refractivity contribution in [1.29, 1.82) is 0 Å². The molecular formula is C21H19N5O2. The molecule has 0 bridgehead atoms. The molecule has 0 radical (unpaired) electrons. The number of carbonyl (C=O) groups is 1. The monoisotopic (exact) mass is 373 g/mol. The highest BCUT2D eigenvalue weighted by atomic mass is 16.5. The summed E-state index contributed by atoms with van der Waals surface area (Å²) in [6.45, 7) is 1.32. The van der Waals surface area contributed by atoms with Crippen molar-refractivity contribution in [2.75, 3.05) is 13.1 Å². The average Bonchev–Trinajstić information content (AvgIpc) is 3.42. The van der Waals surface area contributed by atoms with E-state index in [4.69, 9.17) is 4.52 Å². The van der Waals surface area contributed by atoms with Crippen LogP contribution >= 0.6 is 0 Å². The van der Waals surface area contributed by atoms with Crippen molar-refractivity contribution >= 4 is 11.6 Å². The first-order valence-electron chi connectivity index (χ1n) is 9.40. The maximum absolute atomic E-state index is 12.9. The topological polar surface area (TPSA) is 76.5 Å². The van der Waals surface area contributed by atoms with Crippen LogP contribution in [0.5, 0.6) is 0 Å². The van der Waals surface area contributed by atoms with Crippen molar-refractivity contribution in [3.63, 3.8) is 0 Å². The second-order valence-electron chi connectivity index (χ2n) is 6.96. The van der Waals surface area contributed by atoms with Crippen LogP contribution in [0.2, 0.25) is 0 Å². The molecule has 1 saturated heterocycles. The Balaban J connectivity index is 1.28. The largest absolute Gasteiger partial charge is 0.339 e. The number of piperidine rings is 1. The van der Waals surface area contributed by atoms with Crippen LogP contribution in [-0.2, 0) is 0 Å². The summed E-state index contributed by atoms with van der Waals surface area (Å²) in [5, 5.41) is 4.11. The molecule has 0 N–H and O–H groups in total. The Bertz CT molecular complexity index is 1110. The maximum atomic E-state index is 12.9. The van der Waals surface area contributed by atoms with E-state index in [-0.39, 0.29) is 11.8 Å². The van der Waals surface area contributed by atoms with Crippen LogP contribution in [0.25, 0.3) is 17.0 Å². The van der Waals surface area contributed by atoms with Crippen LogP contribution in [0.1, 0.15) is 35.1 Å². The van der Waals surface area contributed by atoms with Crippen LogP contribution < -0.4 is 0 Å². The predicted octanol–water partition coefficient (Wildman–Crippen LogP) is 3.40. The van der Waals surface area contributed by atoms with Gasteiger partial charge in [-0.1, -0.05) is 41.6 Å². The van der Waals surface area contributed by atoms with Gasteiger partial charge in [0.05, 0.1) is 6.20 Å². The lowest BCUT2D eigenvalue weighted by atomic mass is 9.96. The summed E-state index contributed by atoms with van der Waals surface area (Å²) in [5.41, 5.74) is 2.32. The minimum absolute atomic E-state index is 0.00709. The second-order valence-corrected chi connectivity index (χ2v) is 6.96. The molecule has 140 valence electrons. The third-order valence-corrected chi connectivity index (χ3v) is 5.24. The molecule has 0 spiro atoms. The molecule has 0 aliphatic carbocycles. The lowest BCUT2D eigenvalue weighted by Crippen LogP contribution is -2.38. The average molecular weight is 373 g/mol. The quantitative estimate of drug-likeness (QED) is 0.550. The molecule has 7 nitrogen and oxygen atoms in total. The summed E-state index contributed by atoms with van der Waals surface area (Å²) < 4.78 is 7.34. The molecular weight excluding hydrogens is 354 g/mol. The lowest BCUT2D eigenvalue weighted by Gasteiger charge is -2.30. The minimum atomic E-state index is 0.00709. The number of aromatic nitrogens is 4. The van der Waals surface area contributed by atoms with Crippen molar-refractivity contribution in [3.05, 3.63) is 72.5 Å². The first-order chi connectivity index (χ1) is 13.8. The zero-order chi connectivity index (χ0) is 18.9. The second kappa shape index (κ2) is 6.92. The van der Waals surface area contributed by atoms with Crippen LogP contribution in [0.4, 0.5) is 0 Å². The molecule has 1 amide bonds. The van der Waals surface area contributed by atoms with Gasteiger partial charge in [-0.15, -0.1) is 0 Å². The fourth-order valence-corrected chi connectivity index (χ4v) is 3.69. The summed E-state index contributed by atoms with van der Waals surface area (Å²) in [4.78, 5) is 23.7.